The van der Waals surface area contributed by atoms with Gasteiger partial charge in [0, 0.05) is 19.7 Å². The Morgan fingerprint density at radius 2 is 2.46 bits per heavy atom. The van der Waals surface area contributed by atoms with Crippen LogP contribution in [0.25, 0.3) is 0 Å². The molecule has 0 saturated carbocycles. The summed E-state index contributed by atoms with van der Waals surface area (Å²) in [5, 5.41) is 8.76. The van der Waals surface area contributed by atoms with E-state index < -0.39 is 0 Å². The van der Waals surface area contributed by atoms with Gasteiger partial charge < -0.3 is 10.0 Å². The van der Waals surface area contributed by atoms with Crippen molar-refractivity contribution in [3.05, 3.63) is 0 Å². The van der Waals surface area contributed by atoms with Gasteiger partial charge in [0.25, 0.3) is 0 Å². The van der Waals surface area contributed by atoms with Gasteiger partial charge in [0.1, 0.15) is 0 Å². The third-order valence-electron chi connectivity index (χ3n) is 2.47. The zero-order valence-corrected chi connectivity index (χ0v) is 7.70. The first-order valence-electron chi connectivity index (χ1n) is 4.64. The average Bonchev–Trinajstić information content (AvgIpc) is 2.18. The molecule has 0 radical (unpaired) electrons. The van der Waals surface area contributed by atoms with E-state index in [0.29, 0.717) is 12.5 Å². The molecule has 0 aromatic rings. The van der Waals surface area contributed by atoms with Gasteiger partial charge in [0.05, 0.1) is 0 Å². The van der Waals surface area contributed by atoms with Crippen LogP contribution in [0, 0.1) is 5.92 Å². The Kier molecular flexibility index (Phi) is 3.98. The Morgan fingerprint density at radius 3 is 3.08 bits per heavy atom. The molecule has 0 aliphatic carbocycles. The maximum absolute atomic E-state index is 11.1. The largest absolute Gasteiger partial charge is 0.396 e. The Labute approximate surface area is 77.9 Å². The minimum atomic E-state index is -0.220. The van der Waals surface area contributed by atoms with E-state index in [1.807, 2.05) is 0 Å². The van der Waals surface area contributed by atoms with E-state index in [0.717, 1.165) is 25.8 Å². The smallest absolute Gasteiger partial charge is 0.331 e. The second-order valence-corrected chi connectivity index (χ2v) is 3.42. The number of aliphatic hydroxyl groups is 1. The molecule has 5 heteroatoms. The fourth-order valence-electron chi connectivity index (χ4n) is 1.76. The monoisotopic (exact) mass is 187 g/mol. The van der Waals surface area contributed by atoms with Crippen molar-refractivity contribution in [2.45, 2.75) is 19.3 Å². The van der Waals surface area contributed by atoms with E-state index in [-0.39, 0.29) is 12.6 Å². The number of likely N-dealkylation sites (tertiary alicyclic amines) is 1. The second-order valence-electron chi connectivity index (χ2n) is 3.42. The highest BCUT2D eigenvalue weighted by molar-refractivity contribution is 5.73. The van der Waals surface area contributed by atoms with Crippen molar-refractivity contribution in [1.82, 2.24) is 10.3 Å². The molecule has 1 unspecified atom stereocenters. The van der Waals surface area contributed by atoms with E-state index in [4.69, 9.17) is 10.9 Å². The fraction of sp³-hybridized carbons (Fsp3) is 0.875. The molecule has 0 spiro atoms. The van der Waals surface area contributed by atoms with E-state index in [1.165, 1.54) is 0 Å². The van der Waals surface area contributed by atoms with Crippen LogP contribution in [0.4, 0.5) is 4.79 Å². The molecule has 4 N–H and O–H groups in total. The predicted molar refractivity (Wildman–Crippen MR) is 48.7 cm³/mol. The highest BCUT2D eigenvalue weighted by Gasteiger charge is 2.22. The average molecular weight is 187 g/mol. The Bertz CT molecular complexity index is 173. The number of urea groups is 1. The molecule has 1 rings (SSSR count). The van der Waals surface area contributed by atoms with Crippen molar-refractivity contribution >= 4 is 6.03 Å². The maximum Gasteiger partial charge on any atom is 0.331 e. The third-order valence-corrected chi connectivity index (χ3v) is 2.47. The molecular formula is C8H17N3O2. The van der Waals surface area contributed by atoms with Crippen molar-refractivity contribution in [2.75, 3.05) is 19.7 Å². The lowest BCUT2D eigenvalue weighted by atomic mass is 9.95. The summed E-state index contributed by atoms with van der Waals surface area (Å²) in [4.78, 5) is 12.8. The van der Waals surface area contributed by atoms with E-state index in [2.05, 4.69) is 5.43 Å². The second kappa shape index (κ2) is 5.04. The molecule has 1 heterocycles. The number of nitrogens with one attached hydrogen (secondary N) is 1. The molecular weight excluding hydrogens is 170 g/mol. The van der Waals surface area contributed by atoms with Crippen LogP contribution < -0.4 is 11.3 Å². The van der Waals surface area contributed by atoms with E-state index >= 15 is 0 Å². The van der Waals surface area contributed by atoms with Gasteiger partial charge in [-0.3, -0.25) is 5.43 Å². The van der Waals surface area contributed by atoms with Gasteiger partial charge >= 0.3 is 6.03 Å². The van der Waals surface area contributed by atoms with E-state index in [1.54, 1.807) is 4.90 Å². The zero-order valence-electron chi connectivity index (χ0n) is 7.70. The third kappa shape index (κ3) is 2.86. The number of carbonyl (C=O) groups is 1. The molecule has 0 aromatic heterocycles. The maximum atomic E-state index is 11.1. The van der Waals surface area contributed by atoms with Crippen LogP contribution in [0.15, 0.2) is 0 Å². The number of aliphatic hydroxyl groups excluding tert-OH is 1. The number of hydrazine groups is 1. The summed E-state index contributed by atoms with van der Waals surface area (Å²) in [6, 6.07) is -0.220. The van der Waals surface area contributed by atoms with Gasteiger partial charge in [-0.15, -0.1) is 0 Å². The van der Waals surface area contributed by atoms with Gasteiger partial charge in [-0.25, -0.2) is 10.6 Å². The lowest BCUT2D eigenvalue weighted by molar-refractivity contribution is 0.150. The molecule has 1 fully saturated rings. The summed E-state index contributed by atoms with van der Waals surface area (Å²) in [7, 11) is 0. The van der Waals surface area contributed by atoms with Crippen LogP contribution >= 0.6 is 0 Å². The summed E-state index contributed by atoms with van der Waals surface area (Å²) in [5.41, 5.74) is 2.12. The highest BCUT2D eigenvalue weighted by atomic mass is 16.3. The molecule has 1 aliphatic heterocycles. The molecule has 1 atom stereocenters. The minimum absolute atomic E-state index is 0.197. The summed E-state index contributed by atoms with van der Waals surface area (Å²) in [6.45, 7) is 1.68. The number of piperidine rings is 1. The molecule has 0 aromatic carbocycles. The van der Waals surface area contributed by atoms with Crippen LogP contribution in [0.3, 0.4) is 0 Å². The quantitative estimate of drug-likeness (QED) is 0.314. The summed E-state index contributed by atoms with van der Waals surface area (Å²) in [6.07, 6.45) is 2.86. The Hall–Kier alpha value is -0.810. The number of carbonyl (C=O) groups excluding carboxylic acids is 1. The van der Waals surface area contributed by atoms with Crippen molar-refractivity contribution in [1.29, 1.82) is 0 Å². The molecule has 76 valence electrons. The van der Waals surface area contributed by atoms with Crippen molar-refractivity contribution in [3.63, 3.8) is 0 Å². The van der Waals surface area contributed by atoms with Crippen molar-refractivity contribution in [3.8, 4) is 0 Å². The first-order chi connectivity index (χ1) is 6.27. The minimum Gasteiger partial charge on any atom is -0.396 e. The first-order valence-corrected chi connectivity index (χ1v) is 4.64. The van der Waals surface area contributed by atoms with Gasteiger partial charge in [0.15, 0.2) is 0 Å². The van der Waals surface area contributed by atoms with Gasteiger partial charge in [-0.05, 0) is 25.2 Å². The van der Waals surface area contributed by atoms with Gasteiger partial charge in [-0.2, -0.15) is 0 Å². The SMILES string of the molecule is NNC(=O)N1CCCC(CCO)C1. The Morgan fingerprint density at radius 1 is 1.69 bits per heavy atom. The normalized spacial score (nSPS) is 22.9. The summed E-state index contributed by atoms with van der Waals surface area (Å²) in [5.74, 6) is 5.46. The summed E-state index contributed by atoms with van der Waals surface area (Å²) >= 11 is 0. The van der Waals surface area contributed by atoms with Crippen molar-refractivity contribution < 1.29 is 9.90 Å². The number of hydrogen-bond acceptors (Lipinski definition) is 3. The van der Waals surface area contributed by atoms with Crippen LogP contribution in [0.5, 0.6) is 0 Å². The highest BCUT2D eigenvalue weighted by Crippen LogP contribution is 2.18. The number of hydrogen-bond donors (Lipinski definition) is 3. The topological polar surface area (TPSA) is 78.6 Å². The molecule has 2 amide bonds. The zero-order chi connectivity index (χ0) is 9.68. The van der Waals surface area contributed by atoms with Crippen LogP contribution in [0.2, 0.25) is 0 Å². The van der Waals surface area contributed by atoms with Crippen LogP contribution in [-0.4, -0.2) is 35.7 Å². The van der Waals surface area contributed by atoms with Crippen LogP contribution in [-0.2, 0) is 0 Å². The molecule has 13 heavy (non-hydrogen) atoms. The molecule has 5 nitrogen and oxygen atoms in total. The lowest BCUT2D eigenvalue weighted by Crippen LogP contribution is -2.47. The standard InChI is InChI=1S/C8H17N3O2/c9-10-8(13)11-4-1-2-7(6-11)3-5-12/h7,12H,1-6,9H2,(H,10,13). The van der Waals surface area contributed by atoms with Crippen LogP contribution in [0.1, 0.15) is 19.3 Å². The van der Waals surface area contributed by atoms with Gasteiger partial charge in [0.2, 0.25) is 0 Å². The Balaban J connectivity index is 2.37. The number of rotatable bonds is 2. The lowest BCUT2D eigenvalue weighted by Gasteiger charge is -2.31. The van der Waals surface area contributed by atoms with Gasteiger partial charge in [-0.1, -0.05) is 0 Å². The number of amides is 2. The molecule has 1 aliphatic rings. The fourth-order valence-corrected chi connectivity index (χ4v) is 1.76. The number of nitrogens with zero attached hydrogens (tertiary/aromatic N) is 1. The van der Waals surface area contributed by atoms with E-state index in [9.17, 15) is 4.79 Å². The molecule has 0 bridgehead atoms. The van der Waals surface area contributed by atoms with Crippen molar-refractivity contribution in [2.24, 2.45) is 11.8 Å². The number of nitrogens with two attached hydrogens (primary N) is 1. The summed E-state index contributed by atoms with van der Waals surface area (Å²) < 4.78 is 0. The predicted octanol–water partition coefficient (Wildman–Crippen LogP) is -0.336. The first kappa shape index (κ1) is 10.3. The molecule has 1 saturated heterocycles.